The van der Waals surface area contributed by atoms with Crippen molar-refractivity contribution in [2.24, 2.45) is 35.0 Å². The van der Waals surface area contributed by atoms with Gasteiger partial charge >= 0.3 is 5.97 Å². The van der Waals surface area contributed by atoms with E-state index >= 15 is 0 Å². The zero-order valence-corrected chi connectivity index (χ0v) is 20.2. The highest BCUT2D eigenvalue weighted by Gasteiger charge is 2.53. The molecule has 0 saturated heterocycles. The molecule has 0 heterocycles. The third kappa shape index (κ3) is 6.12. The summed E-state index contributed by atoms with van der Waals surface area (Å²) < 4.78 is 0. The third-order valence-electron chi connectivity index (χ3n) is 8.51. The van der Waals surface area contributed by atoms with E-state index in [1.54, 1.807) is 0 Å². The largest absolute Gasteiger partial charge is 0.481 e. The van der Waals surface area contributed by atoms with Gasteiger partial charge < -0.3 is 5.11 Å². The van der Waals surface area contributed by atoms with Crippen LogP contribution in [-0.2, 0) is 4.79 Å². The molecule has 3 nitrogen and oxygen atoms in total. The topological polar surface area (TPSA) is 61.1 Å². The SMILES string of the molecule is CC(CCCCC#N)=C1CC[C@@]2(C)C(CC[C@@H]2C(C)CCCC(C)C)[C@@H]1CC(=O)O. The first-order valence-electron chi connectivity index (χ1n) is 12.5. The van der Waals surface area contributed by atoms with Crippen LogP contribution in [0.3, 0.4) is 0 Å². The Morgan fingerprint density at radius 3 is 2.57 bits per heavy atom. The van der Waals surface area contributed by atoms with Gasteiger partial charge in [0.15, 0.2) is 0 Å². The fraction of sp³-hybridized carbons (Fsp3) is 0.852. The highest BCUT2D eigenvalue weighted by atomic mass is 16.4. The van der Waals surface area contributed by atoms with Gasteiger partial charge in [-0.15, -0.1) is 0 Å². The van der Waals surface area contributed by atoms with Crippen molar-refractivity contribution >= 4 is 5.97 Å². The van der Waals surface area contributed by atoms with Crippen molar-refractivity contribution in [3.05, 3.63) is 11.1 Å². The zero-order chi connectivity index (χ0) is 22.3. The first kappa shape index (κ1) is 25.0. The minimum absolute atomic E-state index is 0.213. The first-order chi connectivity index (χ1) is 14.2. The molecule has 0 aromatic carbocycles. The lowest BCUT2D eigenvalue weighted by Gasteiger charge is -2.48. The van der Waals surface area contributed by atoms with E-state index in [0.29, 0.717) is 24.2 Å². The molecule has 30 heavy (non-hydrogen) atoms. The van der Waals surface area contributed by atoms with Crippen molar-refractivity contribution in [2.75, 3.05) is 0 Å². The van der Waals surface area contributed by atoms with E-state index in [1.807, 2.05) is 0 Å². The standard InChI is InChI=1S/C27H45NO2/c1-19(2)10-9-12-21(4)24-13-14-25-23(18-26(29)30)22(15-16-27(24,25)5)20(3)11-7-6-8-17-28/h19,21,23-25H,6-16,18H2,1-5H3,(H,29,30)/t21?,23-,24-,25?,27-/m1/s1. The van der Waals surface area contributed by atoms with Crippen LogP contribution in [0.1, 0.15) is 112 Å². The van der Waals surface area contributed by atoms with Gasteiger partial charge in [-0.3, -0.25) is 4.79 Å². The molecule has 0 amide bonds. The van der Waals surface area contributed by atoms with Crippen molar-refractivity contribution in [3.8, 4) is 6.07 Å². The Labute approximate surface area is 185 Å². The van der Waals surface area contributed by atoms with E-state index in [4.69, 9.17) is 5.26 Å². The lowest BCUT2D eigenvalue weighted by atomic mass is 9.56. The Balaban J connectivity index is 2.15. The molecular weight excluding hydrogens is 370 g/mol. The number of unbranched alkanes of at least 4 members (excludes halogenated alkanes) is 2. The van der Waals surface area contributed by atoms with Crippen LogP contribution in [0.4, 0.5) is 0 Å². The summed E-state index contributed by atoms with van der Waals surface area (Å²) in [6.45, 7) is 11.8. The Morgan fingerprint density at radius 2 is 1.93 bits per heavy atom. The van der Waals surface area contributed by atoms with Crippen LogP contribution in [0.2, 0.25) is 0 Å². The summed E-state index contributed by atoms with van der Waals surface area (Å²) in [6.07, 6.45) is 12.6. The summed E-state index contributed by atoms with van der Waals surface area (Å²) in [7, 11) is 0. The monoisotopic (exact) mass is 415 g/mol. The number of hydrogen-bond donors (Lipinski definition) is 1. The summed E-state index contributed by atoms with van der Waals surface area (Å²) in [5.74, 6) is 2.34. The summed E-state index contributed by atoms with van der Waals surface area (Å²) in [5, 5.41) is 18.5. The number of nitriles is 1. The Kier molecular flexibility index (Phi) is 9.45. The Bertz CT molecular complexity index is 644. The number of aliphatic carboxylic acids is 1. The van der Waals surface area contributed by atoms with E-state index in [0.717, 1.165) is 43.4 Å². The zero-order valence-electron chi connectivity index (χ0n) is 20.2. The van der Waals surface area contributed by atoms with Gasteiger partial charge in [0.1, 0.15) is 0 Å². The minimum atomic E-state index is -0.646. The molecule has 0 spiro atoms. The quantitative estimate of drug-likeness (QED) is 0.277. The van der Waals surface area contributed by atoms with Crippen molar-refractivity contribution < 1.29 is 9.90 Å². The number of fused-ring (bicyclic) bond motifs is 1. The van der Waals surface area contributed by atoms with Crippen LogP contribution in [0.5, 0.6) is 0 Å². The van der Waals surface area contributed by atoms with Gasteiger partial charge in [-0.1, -0.05) is 58.1 Å². The number of nitrogens with zero attached hydrogens (tertiary/aromatic N) is 1. The van der Waals surface area contributed by atoms with Crippen molar-refractivity contribution in [1.29, 1.82) is 5.26 Å². The molecule has 2 aliphatic carbocycles. The fourth-order valence-corrected chi connectivity index (χ4v) is 6.88. The maximum atomic E-state index is 11.8. The molecule has 0 radical (unpaired) electrons. The van der Waals surface area contributed by atoms with Crippen molar-refractivity contribution in [3.63, 3.8) is 0 Å². The van der Waals surface area contributed by atoms with Crippen LogP contribution in [-0.4, -0.2) is 11.1 Å². The molecule has 2 saturated carbocycles. The minimum Gasteiger partial charge on any atom is -0.481 e. The summed E-state index contributed by atoms with van der Waals surface area (Å²) >= 11 is 0. The van der Waals surface area contributed by atoms with Gasteiger partial charge in [0.25, 0.3) is 0 Å². The maximum absolute atomic E-state index is 11.8. The number of carbonyl (C=O) groups is 1. The van der Waals surface area contributed by atoms with Crippen LogP contribution >= 0.6 is 0 Å². The van der Waals surface area contributed by atoms with Crippen LogP contribution < -0.4 is 0 Å². The maximum Gasteiger partial charge on any atom is 0.303 e. The van der Waals surface area contributed by atoms with Gasteiger partial charge in [0.2, 0.25) is 0 Å². The Hall–Kier alpha value is -1.30. The van der Waals surface area contributed by atoms with E-state index in [-0.39, 0.29) is 5.92 Å². The molecule has 3 heteroatoms. The van der Waals surface area contributed by atoms with Gasteiger partial charge in [0.05, 0.1) is 12.5 Å². The summed E-state index contributed by atoms with van der Waals surface area (Å²) in [5.41, 5.74) is 3.15. The van der Waals surface area contributed by atoms with E-state index in [1.165, 1.54) is 49.7 Å². The second-order valence-electron chi connectivity index (χ2n) is 11.0. The lowest BCUT2D eigenvalue weighted by Crippen LogP contribution is -2.41. The van der Waals surface area contributed by atoms with E-state index in [9.17, 15) is 9.90 Å². The second kappa shape index (κ2) is 11.4. The molecule has 2 aliphatic rings. The average molecular weight is 416 g/mol. The molecule has 0 bridgehead atoms. The summed E-state index contributed by atoms with van der Waals surface area (Å²) in [4.78, 5) is 11.8. The predicted molar refractivity (Wildman–Crippen MR) is 124 cm³/mol. The predicted octanol–water partition coefficient (Wildman–Crippen LogP) is 7.77. The molecule has 170 valence electrons. The molecule has 0 aromatic rings. The molecular formula is C27H45NO2. The van der Waals surface area contributed by atoms with Gasteiger partial charge in [-0.25, -0.2) is 0 Å². The fourth-order valence-electron chi connectivity index (χ4n) is 6.88. The molecule has 5 atom stereocenters. The van der Waals surface area contributed by atoms with Gasteiger partial charge in [0, 0.05) is 6.42 Å². The number of allylic oxidation sites excluding steroid dienone is 2. The Morgan fingerprint density at radius 1 is 1.20 bits per heavy atom. The molecule has 0 aromatic heterocycles. The molecule has 2 fully saturated rings. The smallest absolute Gasteiger partial charge is 0.303 e. The second-order valence-corrected chi connectivity index (χ2v) is 11.0. The summed E-state index contributed by atoms with van der Waals surface area (Å²) in [6, 6.07) is 2.23. The van der Waals surface area contributed by atoms with Crippen LogP contribution in [0.25, 0.3) is 0 Å². The molecule has 0 aliphatic heterocycles. The number of carboxylic acids is 1. The first-order valence-corrected chi connectivity index (χ1v) is 12.5. The lowest BCUT2D eigenvalue weighted by molar-refractivity contribution is -0.138. The van der Waals surface area contributed by atoms with Crippen LogP contribution in [0.15, 0.2) is 11.1 Å². The van der Waals surface area contributed by atoms with Gasteiger partial charge in [-0.05, 0) is 86.9 Å². The molecule has 1 N–H and O–H groups in total. The van der Waals surface area contributed by atoms with Crippen molar-refractivity contribution in [1.82, 2.24) is 0 Å². The van der Waals surface area contributed by atoms with E-state index in [2.05, 4.69) is 40.7 Å². The number of carboxylic acid groups (broad SMARTS) is 1. The number of hydrogen-bond acceptors (Lipinski definition) is 2. The number of rotatable bonds is 11. The van der Waals surface area contributed by atoms with Crippen LogP contribution in [0, 0.1) is 46.3 Å². The molecule has 2 unspecified atom stereocenters. The highest BCUT2D eigenvalue weighted by Crippen LogP contribution is 2.62. The van der Waals surface area contributed by atoms with Gasteiger partial charge in [-0.2, -0.15) is 5.26 Å². The molecule has 2 rings (SSSR count). The normalized spacial score (nSPS) is 31.3. The van der Waals surface area contributed by atoms with E-state index < -0.39 is 5.97 Å². The highest BCUT2D eigenvalue weighted by molar-refractivity contribution is 5.67. The third-order valence-corrected chi connectivity index (χ3v) is 8.51. The average Bonchev–Trinajstić information content (AvgIpc) is 3.02. The van der Waals surface area contributed by atoms with Crippen molar-refractivity contribution in [2.45, 2.75) is 112 Å².